The van der Waals surface area contributed by atoms with Crippen LogP contribution in [-0.4, -0.2) is 32.1 Å². The summed E-state index contributed by atoms with van der Waals surface area (Å²) in [6.45, 7) is 5.13. The van der Waals surface area contributed by atoms with Gasteiger partial charge in [-0.25, -0.2) is 4.79 Å². The molecule has 3 rings (SSSR count). The summed E-state index contributed by atoms with van der Waals surface area (Å²) in [5.41, 5.74) is 1.81. The Morgan fingerprint density at radius 1 is 1.18 bits per heavy atom. The van der Waals surface area contributed by atoms with Gasteiger partial charge in [-0.05, 0) is 31.2 Å². The first kappa shape index (κ1) is 19.2. The number of rotatable bonds is 7. The van der Waals surface area contributed by atoms with Crippen LogP contribution in [0.5, 0.6) is 17.2 Å². The van der Waals surface area contributed by atoms with Gasteiger partial charge in [0.1, 0.15) is 23.9 Å². The Bertz CT molecular complexity index is 957. The van der Waals surface area contributed by atoms with E-state index < -0.39 is 5.97 Å². The molecule has 0 fully saturated rings. The Morgan fingerprint density at radius 3 is 2.71 bits per heavy atom. The van der Waals surface area contributed by atoms with E-state index in [1.165, 1.54) is 6.08 Å². The average Bonchev–Trinajstić information content (AvgIpc) is 3.02. The molecule has 0 bridgehead atoms. The predicted molar refractivity (Wildman–Crippen MR) is 104 cm³/mol. The van der Waals surface area contributed by atoms with Gasteiger partial charge in [0.05, 0.1) is 12.7 Å². The van der Waals surface area contributed by atoms with Crippen molar-refractivity contribution in [3.05, 3.63) is 71.5 Å². The number of ketones is 1. The number of carbonyl (C=O) groups excluding carboxylic acids is 2. The van der Waals surface area contributed by atoms with Crippen LogP contribution in [0, 0.1) is 6.92 Å². The van der Waals surface area contributed by atoms with Crippen molar-refractivity contribution >= 4 is 17.8 Å². The standard InChI is InChI=1S/C22H20O6/c1-4-11-26-20(23)13-27-17-10-9-16-21(24)19(28-22(16)14(17)2)12-15-7-5-6-8-18(15)25-3/h4-10,12H,1,11,13H2,2-3H3/b19-12-. The van der Waals surface area contributed by atoms with Crippen LogP contribution in [0.3, 0.4) is 0 Å². The van der Waals surface area contributed by atoms with E-state index in [9.17, 15) is 9.59 Å². The minimum absolute atomic E-state index is 0.125. The third kappa shape index (κ3) is 3.91. The number of allylic oxidation sites excluding steroid dienone is 1. The molecule has 1 aliphatic rings. The second-order valence-corrected chi connectivity index (χ2v) is 6.01. The van der Waals surface area contributed by atoms with Gasteiger partial charge in [-0.3, -0.25) is 4.79 Å². The highest BCUT2D eigenvalue weighted by Gasteiger charge is 2.30. The molecule has 2 aromatic rings. The monoisotopic (exact) mass is 380 g/mol. The quantitative estimate of drug-likeness (QED) is 0.414. The summed E-state index contributed by atoms with van der Waals surface area (Å²) in [6, 6.07) is 10.6. The number of esters is 1. The summed E-state index contributed by atoms with van der Waals surface area (Å²) < 4.78 is 21.5. The van der Waals surface area contributed by atoms with E-state index in [1.807, 2.05) is 24.3 Å². The van der Waals surface area contributed by atoms with Crippen LogP contribution in [-0.2, 0) is 9.53 Å². The Labute approximate surface area is 163 Å². The molecule has 0 aliphatic carbocycles. The van der Waals surface area contributed by atoms with Gasteiger partial charge in [0.25, 0.3) is 0 Å². The lowest BCUT2D eigenvalue weighted by Crippen LogP contribution is -2.15. The molecule has 0 N–H and O–H groups in total. The number of carbonyl (C=O) groups is 2. The molecule has 0 amide bonds. The van der Waals surface area contributed by atoms with Crippen LogP contribution < -0.4 is 14.2 Å². The lowest BCUT2D eigenvalue weighted by atomic mass is 10.1. The summed E-state index contributed by atoms with van der Waals surface area (Å²) in [5, 5.41) is 0. The zero-order valence-electron chi connectivity index (χ0n) is 15.7. The Hall–Kier alpha value is -3.54. The average molecular weight is 380 g/mol. The van der Waals surface area contributed by atoms with E-state index in [0.29, 0.717) is 28.4 Å². The molecule has 0 aromatic heterocycles. The van der Waals surface area contributed by atoms with Crippen molar-refractivity contribution in [3.8, 4) is 17.2 Å². The second kappa shape index (κ2) is 8.43. The highest BCUT2D eigenvalue weighted by atomic mass is 16.6. The Kier molecular flexibility index (Phi) is 5.79. The topological polar surface area (TPSA) is 71.1 Å². The van der Waals surface area contributed by atoms with E-state index in [0.717, 1.165) is 5.56 Å². The number of benzene rings is 2. The fourth-order valence-corrected chi connectivity index (χ4v) is 2.78. The van der Waals surface area contributed by atoms with Crippen molar-refractivity contribution in [2.45, 2.75) is 6.92 Å². The molecular formula is C22H20O6. The molecule has 1 heterocycles. The molecule has 6 nitrogen and oxygen atoms in total. The third-order valence-electron chi connectivity index (χ3n) is 4.17. The largest absolute Gasteiger partial charge is 0.496 e. The molecule has 144 valence electrons. The summed E-state index contributed by atoms with van der Waals surface area (Å²) in [5.74, 6) is 0.976. The van der Waals surface area contributed by atoms with Crippen LogP contribution >= 0.6 is 0 Å². The molecule has 0 saturated heterocycles. The zero-order valence-corrected chi connectivity index (χ0v) is 15.7. The van der Waals surface area contributed by atoms with E-state index >= 15 is 0 Å². The maximum atomic E-state index is 12.7. The highest BCUT2D eigenvalue weighted by molar-refractivity contribution is 6.15. The van der Waals surface area contributed by atoms with Crippen molar-refractivity contribution in [1.29, 1.82) is 0 Å². The van der Waals surface area contributed by atoms with Gasteiger partial charge in [0.15, 0.2) is 12.4 Å². The minimum Gasteiger partial charge on any atom is -0.496 e. The van der Waals surface area contributed by atoms with E-state index in [-0.39, 0.29) is 24.8 Å². The smallest absolute Gasteiger partial charge is 0.344 e. The molecule has 0 saturated carbocycles. The normalized spacial score (nSPS) is 13.6. The van der Waals surface area contributed by atoms with Crippen molar-refractivity contribution in [3.63, 3.8) is 0 Å². The number of para-hydroxylation sites is 1. The van der Waals surface area contributed by atoms with Crippen molar-refractivity contribution < 1.29 is 28.5 Å². The van der Waals surface area contributed by atoms with Crippen LogP contribution in [0.4, 0.5) is 0 Å². The molecule has 0 spiro atoms. The van der Waals surface area contributed by atoms with Gasteiger partial charge < -0.3 is 18.9 Å². The van der Waals surface area contributed by atoms with Gasteiger partial charge in [-0.15, -0.1) is 0 Å². The molecule has 0 atom stereocenters. The van der Waals surface area contributed by atoms with E-state index in [1.54, 1.807) is 32.2 Å². The van der Waals surface area contributed by atoms with Crippen molar-refractivity contribution in [2.24, 2.45) is 0 Å². The molecule has 0 unspecified atom stereocenters. The molecule has 2 aromatic carbocycles. The van der Waals surface area contributed by atoms with E-state index in [2.05, 4.69) is 6.58 Å². The van der Waals surface area contributed by atoms with Crippen LogP contribution in [0.25, 0.3) is 6.08 Å². The number of hydrogen-bond acceptors (Lipinski definition) is 6. The number of ether oxygens (including phenoxy) is 4. The summed E-state index contributed by atoms with van der Waals surface area (Å²) in [4.78, 5) is 24.3. The summed E-state index contributed by atoms with van der Waals surface area (Å²) >= 11 is 0. The van der Waals surface area contributed by atoms with Crippen LogP contribution in [0.15, 0.2) is 54.8 Å². The van der Waals surface area contributed by atoms with Crippen molar-refractivity contribution in [1.82, 2.24) is 0 Å². The molecule has 0 radical (unpaired) electrons. The van der Waals surface area contributed by atoms with Gasteiger partial charge in [0.2, 0.25) is 5.78 Å². The highest BCUT2D eigenvalue weighted by Crippen LogP contribution is 2.39. The molecule has 1 aliphatic heterocycles. The zero-order chi connectivity index (χ0) is 20.1. The van der Waals surface area contributed by atoms with E-state index in [4.69, 9.17) is 18.9 Å². The summed E-state index contributed by atoms with van der Waals surface area (Å²) in [7, 11) is 1.57. The van der Waals surface area contributed by atoms with Crippen LogP contribution in [0.1, 0.15) is 21.5 Å². The summed E-state index contributed by atoms with van der Waals surface area (Å²) in [6.07, 6.45) is 3.13. The Balaban J connectivity index is 1.81. The van der Waals surface area contributed by atoms with Crippen molar-refractivity contribution in [2.75, 3.05) is 20.3 Å². The predicted octanol–water partition coefficient (Wildman–Crippen LogP) is 3.73. The first-order chi connectivity index (χ1) is 13.5. The van der Waals surface area contributed by atoms with Gasteiger partial charge in [-0.1, -0.05) is 30.9 Å². The fourth-order valence-electron chi connectivity index (χ4n) is 2.78. The first-order valence-corrected chi connectivity index (χ1v) is 8.65. The fraction of sp³-hybridized carbons (Fsp3) is 0.182. The maximum absolute atomic E-state index is 12.7. The Morgan fingerprint density at radius 2 is 1.96 bits per heavy atom. The number of methoxy groups -OCH3 is 1. The van der Waals surface area contributed by atoms with Gasteiger partial charge in [-0.2, -0.15) is 0 Å². The lowest BCUT2D eigenvalue weighted by molar-refractivity contribution is -0.144. The number of hydrogen-bond donors (Lipinski definition) is 0. The maximum Gasteiger partial charge on any atom is 0.344 e. The minimum atomic E-state index is -0.506. The number of Topliss-reactive ketones (excluding diaryl/α,β-unsaturated/α-hetero) is 1. The molecule has 28 heavy (non-hydrogen) atoms. The lowest BCUT2D eigenvalue weighted by Gasteiger charge is -2.11. The number of fused-ring (bicyclic) bond motifs is 1. The third-order valence-corrected chi connectivity index (χ3v) is 4.17. The molecule has 6 heteroatoms. The van der Waals surface area contributed by atoms with Crippen LogP contribution in [0.2, 0.25) is 0 Å². The first-order valence-electron chi connectivity index (χ1n) is 8.65. The molecular weight excluding hydrogens is 360 g/mol. The van der Waals surface area contributed by atoms with Gasteiger partial charge >= 0.3 is 5.97 Å². The van der Waals surface area contributed by atoms with Gasteiger partial charge in [0, 0.05) is 11.1 Å². The second-order valence-electron chi connectivity index (χ2n) is 6.01. The SMILES string of the molecule is C=CCOC(=O)COc1ccc2c(c1C)O/C(=C\c1ccccc1OC)C2=O.